The van der Waals surface area contributed by atoms with E-state index in [4.69, 9.17) is 0 Å². The van der Waals surface area contributed by atoms with Crippen molar-refractivity contribution in [1.82, 2.24) is 19.8 Å². The summed E-state index contributed by atoms with van der Waals surface area (Å²) >= 11 is 2.99. The van der Waals surface area contributed by atoms with Crippen LogP contribution in [0.15, 0.2) is 60.2 Å². The zero-order chi connectivity index (χ0) is 22.9. The molecule has 3 heterocycles. The van der Waals surface area contributed by atoms with Crippen molar-refractivity contribution in [1.29, 1.82) is 0 Å². The van der Waals surface area contributed by atoms with E-state index in [0.717, 1.165) is 27.1 Å². The van der Waals surface area contributed by atoms with Crippen LogP contribution in [0.4, 0.5) is 4.39 Å². The summed E-state index contributed by atoms with van der Waals surface area (Å²) < 4.78 is 15.3. The van der Waals surface area contributed by atoms with E-state index in [1.54, 1.807) is 34.3 Å². The van der Waals surface area contributed by atoms with Gasteiger partial charge in [0.25, 0.3) is 11.8 Å². The Hall–Kier alpha value is -3.17. The molecule has 4 aromatic rings. The summed E-state index contributed by atoms with van der Waals surface area (Å²) in [5, 5.41) is 3.72. The lowest BCUT2D eigenvalue weighted by Crippen LogP contribution is -2.42. The second-order valence-electron chi connectivity index (χ2n) is 7.74. The van der Waals surface area contributed by atoms with E-state index in [9.17, 15) is 14.0 Å². The summed E-state index contributed by atoms with van der Waals surface area (Å²) in [6.07, 6.45) is 1.83. The summed E-state index contributed by atoms with van der Waals surface area (Å²) in [5.41, 5.74) is 4.36. The Morgan fingerprint density at radius 1 is 1.18 bits per heavy atom. The van der Waals surface area contributed by atoms with E-state index in [1.807, 2.05) is 42.1 Å². The highest BCUT2D eigenvalue weighted by atomic mass is 32.2. The van der Waals surface area contributed by atoms with E-state index < -0.39 is 0 Å². The fourth-order valence-electron chi connectivity index (χ4n) is 4.06. The highest BCUT2D eigenvalue weighted by Gasteiger charge is 2.33. The van der Waals surface area contributed by atoms with Crippen molar-refractivity contribution in [3.05, 3.63) is 77.3 Å². The molecule has 9 heteroatoms. The van der Waals surface area contributed by atoms with Gasteiger partial charge in [-0.05, 0) is 23.8 Å². The molecule has 5 rings (SSSR count). The molecule has 6 nitrogen and oxygen atoms in total. The van der Waals surface area contributed by atoms with E-state index in [2.05, 4.69) is 10.3 Å². The Morgan fingerprint density at radius 3 is 2.79 bits per heavy atom. The zero-order valence-electron chi connectivity index (χ0n) is 17.8. The number of amides is 2. The first kappa shape index (κ1) is 21.7. The molecule has 0 radical (unpaired) electrons. The van der Waals surface area contributed by atoms with Crippen LogP contribution >= 0.6 is 23.1 Å². The minimum absolute atomic E-state index is 0.160. The molecule has 1 aliphatic heterocycles. The third-order valence-corrected chi connectivity index (χ3v) is 7.81. The molecule has 1 aliphatic rings. The van der Waals surface area contributed by atoms with E-state index in [0.29, 0.717) is 24.3 Å². The fourth-order valence-corrected chi connectivity index (χ4v) is 6.00. The van der Waals surface area contributed by atoms with Crippen LogP contribution in [0.5, 0.6) is 0 Å². The smallest absolute Gasteiger partial charge is 0.274 e. The van der Waals surface area contributed by atoms with Gasteiger partial charge in [-0.2, -0.15) is 0 Å². The van der Waals surface area contributed by atoms with Crippen molar-refractivity contribution in [2.75, 3.05) is 18.8 Å². The molecule has 33 heavy (non-hydrogen) atoms. The van der Waals surface area contributed by atoms with Crippen LogP contribution in [-0.4, -0.2) is 50.5 Å². The van der Waals surface area contributed by atoms with Gasteiger partial charge in [0.2, 0.25) is 0 Å². The maximum atomic E-state index is 13.3. The number of thioether (sulfide) groups is 1. The molecule has 1 fully saturated rings. The van der Waals surface area contributed by atoms with Crippen LogP contribution in [0.1, 0.15) is 20.8 Å². The molecule has 1 unspecified atom stereocenters. The number of hydrogen-bond donors (Lipinski definition) is 1. The van der Waals surface area contributed by atoms with Crippen molar-refractivity contribution in [3.63, 3.8) is 0 Å². The number of rotatable bonds is 5. The molecule has 0 aliphatic carbocycles. The quantitative estimate of drug-likeness (QED) is 0.460. The van der Waals surface area contributed by atoms with Crippen LogP contribution in [0.25, 0.3) is 21.3 Å². The van der Waals surface area contributed by atoms with E-state index in [1.165, 1.54) is 23.5 Å². The third kappa shape index (κ3) is 4.14. The zero-order valence-corrected chi connectivity index (χ0v) is 19.5. The summed E-state index contributed by atoms with van der Waals surface area (Å²) in [5.74, 6) is 0.128. The van der Waals surface area contributed by atoms with Crippen molar-refractivity contribution in [2.24, 2.45) is 7.05 Å². The number of carbonyl (C=O) groups excluding carboxylic acids is 2. The maximum absolute atomic E-state index is 13.3. The Labute approximate surface area is 198 Å². The second-order valence-corrected chi connectivity index (χ2v) is 9.88. The number of benzene rings is 2. The SMILES string of the molecule is Cn1cc(C(=O)NCC2SCCN2C(=O)c2ncsc2-c2ccc(F)cc2)c2ccccc21. The number of thiazole rings is 1. The summed E-state index contributed by atoms with van der Waals surface area (Å²) in [6.45, 7) is 0.924. The molecule has 0 saturated carbocycles. The molecule has 168 valence electrons. The molecule has 2 aromatic carbocycles. The first-order chi connectivity index (χ1) is 16.0. The predicted octanol–water partition coefficient (Wildman–Crippen LogP) is 4.39. The Morgan fingerprint density at radius 2 is 1.97 bits per heavy atom. The Bertz CT molecular complexity index is 1330. The van der Waals surface area contributed by atoms with Gasteiger partial charge in [0.15, 0.2) is 0 Å². The van der Waals surface area contributed by atoms with Crippen LogP contribution in [0.3, 0.4) is 0 Å². The number of nitrogens with zero attached hydrogens (tertiary/aromatic N) is 3. The second kappa shape index (κ2) is 8.99. The number of aromatic nitrogens is 2. The molecule has 2 aromatic heterocycles. The van der Waals surface area contributed by atoms with E-state index in [-0.39, 0.29) is 23.0 Å². The lowest BCUT2D eigenvalue weighted by molar-refractivity contribution is 0.0747. The molecule has 0 spiro atoms. The van der Waals surface area contributed by atoms with Gasteiger partial charge in [-0.15, -0.1) is 23.1 Å². The van der Waals surface area contributed by atoms with Gasteiger partial charge in [0.05, 0.1) is 21.3 Å². The van der Waals surface area contributed by atoms with Crippen molar-refractivity contribution in [3.8, 4) is 10.4 Å². The molecule has 0 bridgehead atoms. The first-order valence-corrected chi connectivity index (χ1v) is 12.4. The molecule has 1 atom stereocenters. The fraction of sp³-hybridized carbons (Fsp3) is 0.208. The number of aryl methyl sites for hydroxylation is 1. The van der Waals surface area contributed by atoms with Crippen LogP contribution < -0.4 is 5.32 Å². The van der Waals surface area contributed by atoms with E-state index >= 15 is 0 Å². The van der Waals surface area contributed by atoms with Gasteiger partial charge in [-0.1, -0.05) is 30.3 Å². The lowest BCUT2D eigenvalue weighted by Gasteiger charge is -2.23. The average molecular weight is 481 g/mol. The van der Waals surface area contributed by atoms with Gasteiger partial charge >= 0.3 is 0 Å². The number of hydrogen-bond acceptors (Lipinski definition) is 5. The van der Waals surface area contributed by atoms with Gasteiger partial charge < -0.3 is 14.8 Å². The molecule has 1 N–H and O–H groups in total. The normalized spacial score (nSPS) is 15.8. The van der Waals surface area contributed by atoms with Crippen LogP contribution in [-0.2, 0) is 7.05 Å². The number of carbonyl (C=O) groups is 2. The monoisotopic (exact) mass is 480 g/mol. The van der Waals surface area contributed by atoms with Gasteiger partial charge in [0.1, 0.15) is 11.5 Å². The molecular formula is C24H21FN4O2S2. The van der Waals surface area contributed by atoms with Crippen LogP contribution in [0, 0.1) is 5.82 Å². The molecule has 1 saturated heterocycles. The van der Waals surface area contributed by atoms with Crippen LogP contribution in [0.2, 0.25) is 0 Å². The Kier molecular flexibility index (Phi) is 5.90. The summed E-state index contributed by atoms with van der Waals surface area (Å²) in [4.78, 5) is 33.0. The predicted molar refractivity (Wildman–Crippen MR) is 130 cm³/mol. The summed E-state index contributed by atoms with van der Waals surface area (Å²) in [6, 6.07) is 13.8. The minimum Gasteiger partial charge on any atom is -0.350 e. The standard InChI is InChI=1S/C24H21FN4O2S2/c1-28-13-18(17-4-2-3-5-19(17)28)23(30)26-12-20-29(10-11-32-20)24(31)21-22(33-14-27-21)15-6-8-16(25)9-7-15/h2-9,13-14,20H,10-12H2,1H3,(H,26,30). The van der Waals surface area contributed by atoms with Gasteiger partial charge in [-0.25, -0.2) is 9.37 Å². The van der Waals surface area contributed by atoms with Crippen molar-refractivity contribution < 1.29 is 14.0 Å². The van der Waals surface area contributed by atoms with Gasteiger partial charge in [0, 0.05) is 43.0 Å². The lowest BCUT2D eigenvalue weighted by atomic mass is 10.1. The number of para-hydroxylation sites is 1. The molecular weight excluding hydrogens is 459 g/mol. The largest absolute Gasteiger partial charge is 0.350 e. The highest BCUT2D eigenvalue weighted by Crippen LogP contribution is 2.32. The topological polar surface area (TPSA) is 67.2 Å². The maximum Gasteiger partial charge on any atom is 0.274 e. The third-order valence-electron chi connectivity index (χ3n) is 5.71. The highest BCUT2D eigenvalue weighted by molar-refractivity contribution is 8.00. The Balaban J connectivity index is 1.31. The average Bonchev–Trinajstić information content (AvgIpc) is 3.57. The van der Waals surface area contributed by atoms with Crippen molar-refractivity contribution >= 4 is 45.8 Å². The van der Waals surface area contributed by atoms with Crippen molar-refractivity contribution in [2.45, 2.75) is 5.37 Å². The number of halogens is 1. The van der Waals surface area contributed by atoms with Gasteiger partial charge in [-0.3, -0.25) is 9.59 Å². The minimum atomic E-state index is -0.325. The molecule has 2 amide bonds. The summed E-state index contributed by atoms with van der Waals surface area (Å²) in [7, 11) is 1.92. The number of fused-ring (bicyclic) bond motifs is 1. The first-order valence-electron chi connectivity index (χ1n) is 10.5. The number of nitrogens with one attached hydrogen (secondary N) is 1.